The molecule has 0 saturated carbocycles. The lowest BCUT2D eigenvalue weighted by atomic mass is 10.1. The molecule has 1 aromatic carbocycles. The molecule has 1 atom stereocenters. The van der Waals surface area contributed by atoms with Crippen LogP contribution >= 0.6 is 23.4 Å². The summed E-state index contributed by atoms with van der Waals surface area (Å²) in [4.78, 5) is 25.4. The van der Waals surface area contributed by atoms with E-state index in [2.05, 4.69) is 0 Å². The average Bonchev–Trinajstić information content (AvgIpc) is 2.91. The number of hydrogen-bond acceptors (Lipinski definition) is 4. The van der Waals surface area contributed by atoms with E-state index in [9.17, 15) is 14.7 Å². The highest BCUT2D eigenvalue weighted by atomic mass is 35.5. The summed E-state index contributed by atoms with van der Waals surface area (Å²) in [5.74, 6) is 0.222. The molecule has 1 aliphatic heterocycles. The van der Waals surface area contributed by atoms with E-state index in [0.717, 1.165) is 0 Å². The molecule has 1 N–H and O–H groups in total. The summed E-state index contributed by atoms with van der Waals surface area (Å²) < 4.78 is 5.67. The van der Waals surface area contributed by atoms with Gasteiger partial charge in [0.05, 0.1) is 10.9 Å². The first kappa shape index (κ1) is 16.9. The topological polar surface area (TPSA) is 70.8 Å². The van der Waals surface area contributed by atoms with Gasteiger partial charge in [0.1, 0.15) is 5.76 Å². The first-order valence-corrected chi connectivity index (χ1v) is 9.04. The van der Waals surface area contributed by atoms with Crippen LogP contribution in [0.2, 0.25) is 5.02 Å². The summed E-state index contributed by atoms with van der Waals surface area (Å²) in [7, 11) is 0. The number of halogens is 1. The smallest absolute Gasteiger partial charge is 0.309 e. The number of thioether (sulfide) groups is 1. The van der Waals surface area contributed by atoms with E-state index in [1.165, 1.54) is 0 Å². The van der Waals surface area contributed by atoms with Crippen molar-refractivity contribution in [2.24, 2.45) is 5.92 Å². The van der Waals surface area contributed by atoms with Gasteiger partial charge in [0, 0.05) is 30.2 Å². The minimum Gasteiger partial charge on any atom is -0.481 e. The van der Waals surface area contributed by atoms with Gasteiger partial charge in [-0.1, -0.05) is 23.7 Å². The molecule has 3 rings (SSSR count). The monoisotopic (exact) mass is 365 g/mol. The third-order valence-corrected chi connectivity index (χ3v) is 5.30. The van der Waals surface area contributed by atoms with Crippen LogP contribution in [0, 0.1) is 5.92 Å². The molecular weight excluding hydrogens is 350 g/mol. The van der Waals surface area contributed by atoms with Crippen LogP contribution in [0.15, 0.2) is 40.8 Å². The molecule has 0 aliphatic carbocycles. The molecule has 0 spiro atoms. The Bertz CT molecular complexity index is 761. The Morgan fingerprint density at radius 1 is 1.25 bits per heavy atom. The van der Waals surface area contributed by atoms with Gasteiger partial charge in [-0.15, -0.1) is 0 Å². The second-order valence-corrected chi connectivity index (χ2v) is 7.06. The second-order valence-electron chi connectivity index (χ2n) is 5.50. The van der Waals surface area contributed by atoms with E-state index >= 15 is 0 Å². The Labute approximate surface area is 148 Å². The number of amides is 1. The molecule has 1 fully saturated rings. The summed E-state index contributed by atoms with van der Waals surface area (Å²) in [6.45, 7) is 0.707. The summed E-state index contributed by atoms with van der Waals surface area (Å²) >= 11 is 7.70. The zero-order valence-electron chi connectivity index (χ0n) is 12.8. The molecule has 1 aliphatic rings. The Hall–Kier alpha value is -1.92. The van der Waals surface area contributed by atoms with Crippen LogP contribution in [-0.2, 0) is 4.79 Å². The maximum Gasteiger partial charge on any atom is 0.309 e. The van der Waals surface area contributed by atoms with Gasteiger partial charge < -0.3 is 14.4 Å². The first-order chi connectivity index (χ1) is 11.6. The summed E-state index contributed by atoms with van der Waals surface area (Å²) in [6.07, 6.45) is 0. The van der Waals surface area contributed by atoms with Crippen molar-refractivity contribution in [3.63, 3.8) is 0 Å². The number of carbonyl (C=O) groups excluding carboxylic acids is 1. The number of hydrogen-bond donors (Lipinski definition) is 1. The second kappa shape index (κ2) is 7.32. The van der Waals surface area contributed by atoms with Gasteiger partial charge in [0.25, 0.3) is 5.91 Å². The molecular formula is C17H16ClNO4S. The molecule has 1 unspecified atom stereocenters. The summed E-state index contributed by atoms with van der Waals surface area (Å²) in [5, 5.41) is 9.77. The molecule has 1 saturated heterocycles. The molecule has 1 aromatic heterocycles. The fourth-order valence-corrected chi connectivity index (χ4v) is 3.84. The SMILES string of the molecule is O=C(O)C1CSCCN(C(=O)c2ccc(-c3ccccc3Cl)o2)C1. The lowest BCUT2D eigenvalue weighted by Crippen LogP contribution is -2.37. The maximum atomic E-state index is 12.6. The molecule has 0 bridgehead atoms. The van der Waals surface area contributed by atoms with Crippen LogP contribution in [-0.4, -0.2) is 46.5 Å². The van der Waals surface area contributed by atoms with Crippen molar-refractivity contribution < 1.29 is 19.1 Å². The van der Waals surface area contributed by atoms with Gasteiger partial charge in [-0.25, -0.2) is 0 Å². The molecule has 7 heteroatoms. The highest BCUT2D eigenvalue weighted by Gasteiger charge is 2.28. The summed E-state index contributed by atoms with van der Waals surface area (Å²) in [5.41, 5.74) is 0.716. The number of benzene rings is 1. The van der Waals surface area contributed by atoms with Crippen molar-refractivity contribution in [3.8, 4) is 11.3 Å². The van der Waals surface area contributed by atoms with Gasteiger partial charge in [0.2, 0.25) is 0 Å². The Balaban J connectivity index is 1.80. The number of carboxylic acids is 1. The van der Waals surface area contributed by atoms with E-state index in [4.69, 9.17) is 16.0 Å². The predicted molar refractivity (Wildman–Crippen MR) is 93.5 cm³/mol. The van der Waals surface area contributed by atoms with Crippen LogP contribution in [0.4, 0.5) is 0 Å². The first-order valence-electron chi connectivity index (χ1n) is 7.51. The predicted octanol–water partition coefficient (Wildman–Crippen LogP) is 3.49. The lowest BCUT2D eigenvalue weighted by Gasteiger charge is -2.21. The maximum absolute atomic E-state index is 12.6. The fourth-order valence-electron chi connectivity index (χ4n) is 2.56. The number of rotatable bonds is 3. The molecule has 2 aromatic rings. The third kappa shape index (κ3) is 3.60. The van der Waals surface area contributed by atoms with Crippen molar-refractivity contribution in [3.05, 3.63) is 47.2 Å². The molecule has 1 amide bonds. The van der Waals surface area contributed by atoms with Crippen LogP contribution in [0.5, 0.6) is 0 Å². The summed E-state index contributed by atoms with van der Waals surface area (Å²) in [6, 6.07) is 10.5. The van der Waals surface area contributed by atoms with E-state index in [0.29, 0.717) is 34.4 Å². The van der Waals surface area contributed by atoms with Crippen LogP contribution in [0.25, 0.3) is 11.3 Å². The number of carbonyl (C=O) groups is 2. The van der Waals surface area contributed by atoms with Crippen LogP contribution in [0.3, 0.4) is 0 Å². The zero-order valence-corrected chi connectivity index (χ0v) is 14.3. The zero-order chi connectivity index (χ0) is 17.1. The van der Waals surface area contributed by atoms with Crippen molar-refractivity contribution in [2.75, 3.05) is 24.6 Å². The molecule has 0 radical (unpaired) electrons. The minimum atomic E-state index is -0.876. The number of nitrogens with zero attached hydrogens (tertiary/aromatic N) is 1. The average molecular weight is 366 g/mol. The van der Waals surface area contributed by atoms with Crippen LogP contribution < -0.4 is 0 Å². The van der Waals surface area contributed by atoms with Gasteiger partial charge in [-0.05, 0) is 24.3 Å². The Kier molecular flexibility index (Phi) is 5.16. The lowest BCUT2D eigenvalue weighted by molar-refractivity contribution is -0.141. The number of furan rings is 1. The minimum absolute atomic E-state index is 0.195. The Morgan fingerprint density at radius 2 is 2.04 bits per heavy atom. The molecule has 24 heavy (non-hydrogen) atoms. The van der Waals surface area contributed by atoms with Gasteiger partial charge in [-0.2, -0.15) is 11.8 Å². The highest BCUT2D eigenvalue weighted by molar-refractivity contribution is 7.99. The van der Waals surface area contributed by atoms with E-state index in [1.807, 2.05) is 18.2 Å². The van der Waals surface area contributed by atoms with Crippen LogP contribution in [0.1, 0.15) is 10.6 Å². The van der Waals surface area contributed by atoms with Gasteiger partial charge in [-0.3, -0.25) is 9.59 Å². The number of carboxylic acid groups (broad SMARTS) is 1. The highest BCUT2D eigenvalue weighted by Crippen LogP contribution is 2.29. The Morgan fingerprint density at radius 3 is 2.79 bits per heavy atom. The van der Waals surface area contributed by atoms with Crippen molar-refractivity contribution in [1.82, 2.24) is 4.90 Å². The van der Waals surface area contributed by atoms with Gasteiger partial charge >= 0.3 is 5.97 Å². The standard InChI is InChI=1S/C17H16ClNO4S/c18-13-4-2-1-3-12(13)14-5-6-15(23-14)16(20)19-7-8-24-10-11(9-19)17(21)22/h1-6,11H,7-10H2,(H,21,22). The van der Waals surface area contributed by atoms with Crippen molar-refractivity contribution in [2.45, 2.75) is 0 Å². The van der Waals surface area contributed by atoms with Crippen molar-refractivity contribution >= 4 is 35.2 Å². The number of aliphatic carboxylic acids is 1. The molecule has 2 heterocycles. The molecule has 126 valence electrons. The van der Waals surface area contributed by atoms with E-state index in [1.54, 1.807) is 34.9 Å². The van der Waals surface area contributed by atoms with Gasteiger partial charge in [0.15, 0.2) is 5.76 Å². The largest absolute Gasteiger partial charge is 0.481 e. The van der Waals surface area contributed by atoms with Crippen molar-refractivity contribution in [1.29, 1.82) is 0 Å². The van der Waals surface area contributed by atoms with E-state index in [-0.39, 0.29) is 18.2 Å². The molecule has 5 nitrogen and oxygen atoms in total. The quantitative estimate of drug-likeness (QED) is 0.901. The van der Waals surface area contributed by atoms with E-state index < -0.39 is 11.9 Å². The third-order valence-electron chi connectivity index (χ3n) is 3.86. The fraction of sp³-hybridized carbons (Fsp3) is 0.294. The normalized spacial score (nSPS) is 18.2.